The number of hydrogen-bond donors (Lipinski definition) is 0. The van der Waals surface area contributed by atoms with Crippen LogP contribution >= 0.6 is 0 Å². The Bertz CT molecular complexity index is 1030. The molecule has 6 nitrogen and oxygen atoms in total. The van der Waals surface area contributed by atoms with E-state index in [1.807, 2.05) is 25.5 Å². The summed E-state index contributed by atoms with van der Waals surface area (Å²) in [5.74, 6) is -0.636. The van der Waals surface area contributed by atoms with Gasteiger partial charge in [0.25, 0.3) is 6.43 Å². The van der Waals surface area contributed by atoms with Crippen LogP contribution in [0.5, 0.6) is 0 Å². The van der Waals surface area contributed by atoms with Crippen LogP contribution in [0, 0.1) is 11.3 Å². The average Bonchev–Trinajstić information content (AvgIpc) is 3.10. The third kappa shape index (κ3) is 2.32. The Kier molecular flexibility index (Phi) is 3.41. The molecule has 1 amide bonds. The third-order valence-electron chi connectivity index (χ3n) is 5.90. The van der Waals surface area contributed by atoms with E-state index in [2.05, 4.69) is 10.2 Å². The summed E-state index contributed by atoms with van der Waals surface area (Å²) in [4.78, 5) is 14.6. The van der Waals surface area contributed by atoms with E-state index in [-0.39, 0.29) is 12.3 Å². The van der Waals surface area contributed by atoms with Gasteiger partial charge in [-0.2, -0.15) is 10.2 Å². The summed E-state index contributed by atoms with van der Waals surface area (Å²) in [6.07, 6.45) is 6.11. The lowest BCUT2D eigenvalue weighted by Crippen LogP contribution is -2.41. The molecule has 140 valence electrons. The molecule has 4 heterocycles. The highest BCUT2D eigenvalue weighted by Gasteiger charge is 2.61. The van der Waals surface area contributed by atoms with Gasteiger partial charge in [0.2, 0.25) is 5.91 Å². The zero-order valence-electron chi connectivity index (χ0n) is 14.8. The van der Waals surface area contributed by atoms with Crippen LogP contribution in [-0.2, 0) is 11.8 Å². The molecule has 2 fully saturated rings. The molecule has 1 aliphatic heterocycles. The van der Waals surface area contributed by atoms with Gasteiger partial charge in [-0.3, -0.25) is 9.48 Å². The van der Waals surface area contributed by atoms with Crippen molar-refractivity contribution in [2.45, 2.75) is 25.7 Å². The van der Waals surface area contributed by atoms with Gasteiger partial charge in [-0.1, -0.05) is 0 Å². The maximum absolute atomic E-state index is 13.9. The van der Waals surface area contributed by atoms with Crippen molar-refractivity contribution in [2.24, 2.45) is 18.4 Å². The molecule has 2 aliphatic rings. The molecule has 1 aliphatic carbocycles. The predicted molar refractivity (Wildman–Crippen MR) is 95.5 cm³/mol. The first kappa shape index (κ1) is 16.4. The van der Waals surface area contributed by atoms with E-state index < -0.39 is 17.7 Å². The van der Waals surface area contributed by atoms with Crippen molar-refractivity contribution in [2.75, 3.05) is 11.4 Å². The van der Waals surface area contributed by atoms with E-state index in [4.69, 9.17) is 0 Å². The van der Waals surface area contributed by atoms with E-state index in [0.717, 1.165) is 16.6 Å². The van der Waals surface area contributed by atoms with Crippen LogP contribution in [0.2, 0.25) is 0 Å². The molecule has 0 bridgehead atoms. The van der Waals surface area contributed by atoms with Gasteiger partial charge in [0, 0.05) is 43.3 Å². The van der Waals surface area contributed by atoms with Crippen molar-refractivity contribution in [1.82, 2.24) is 19.4 Å². The van der Waals surface area contributed by atoms with Gasteiger partial charge in [0.05, 0.1) is 17.4 Å². The van der Waals surface area contributed by atoms with Crippen LogP contribution in [0.4, 0.5) is 14.5 Å². The molecule has 0 unspecified atom stereocenters. The molecule has 1 saturated heterocycles. The summed E-state index contributed by atoms with van der Waals surface area (Å²) < 4.78 is 31.2. The molecule has 0 spiro atoms. The van der Waals surface area contributed by atoms with Crippen molar-refractivity contribution < 1.29 is 13.6 Å². The number of halogens is 2. The number of nitrogens with zero attached hydrogens (tertiary/aromatic N) is 5. The SMILES string of the molecule is Cn1cc(-c2cc3c(N4CC[C@@](C(F)F)(C5CC5)C4=O)ccnn3c2)cn1. The number of alkyl halides is 2. The fourth-order valence-corrected chi connectivity index (χ4v) is 4.30. The summed E-state index contributed by atoms with van der Waals surface area (Å²) in [6.45, 7) is 0.312. The summed E-state index contributed by atoms with van der Waals surface area (Å²) in [5.41, 5.74) is 1.69. The molecule has 0 N–H and O–H groups in total. The molecule has 3 aromatic rings. The van der Waals surface area contributed by atoms with Crippen molar-refractivity contribution in [3.63, 3.8) is 0 Å². The van der Waals surface area contributed by atoms with Crippen LogP contribution in [-0.4, -0.2) is 38.3 Å². The maximum atomic E-state index is 13.9. The standard InChI is InChI=1S/C19H19F2N5O/c1-24-10-13(9-23-24)12-8-16-15(4-6-22-26(16)11-12)25-7-5-19(17(20)21,18(25)27)14-2-3-14/h4,6,8-11,14,17H,2-3,5,7H2,1H3/t19-/m0/s1. The largest absolute Gasteiger partial charge is 0.310 e. The van der Waals surface area contributed by atoms with Crippen molar-refractivity contribution >= 4 is 17.1 Å². The Balaban J connectivity index is 1.57. The summed E-state index contributed by atoms with van der Waals surface area (Å²) in [5, 5.41) is 8.49. The maximum Gasteiger partial charge on any atom is 0.253 e. The van der Waals surface area contributed by atoms with Crippen LogP contribution in [0.1, 0.15) is 19.3 Å². The molecule has 0 radical (unpaired) electrons. The fourth-order valence-electron chi connectivity index (χ4n) is 4.30. The summed E-state index contributed by atoms with van der Waals surface area (Å²) >= 11 is 0. The first-order valence-electron chi connectivity index (χ1n) is 9.07. The van der Waals surface area contributed by atoms with Gasteiger partial charge in [-0.05, 0) is 37.3 Å². The van der Waals surface area contributed by atoms with Gasteiger partial charge in [0.1, 0.15) is 5.41 Å². The highest BCUT2D eigenvalue weighted by molar-refractivity contribution is 6.03. The van der Waals surface area contributed by atoms with Gasteiger partial charge in [0.15, 0.2) is 0 Å². The predicted octanol–water partition coefficient (Wildman–Crippen LogP) is 3.13. The number of anilines is 1. The zero-order valence-corrected chi connectivity index (χ0v) is 14.8. The minimum atomic E-state index is -2.63. The Morgan fingerprint density at radius 3 is 2.70 bits per heavy atom. The highest BCUT2D eigenvalue weighted by atomic mass is 19.3. The van der Waals surface area contributed by atoms with Gasteiger partial charge < -0.3 is 4.90 Å². The molecule has 5 rings (SSSR count). The van der Waals surface area contributed by atoms with Crippen LogP contribution < -0.4 is 4.90 Å². The zero-order chi connectivity index (χ0) is 18.8. The number of carbonyl (C=O) groups excluding carboxylic acids is 1. The second-order valence-electron chi connectivity index (χ2n) is 7.50. The Morgan fingerprint density at radius 1 is 1.22 bits per heavy atom. The normalized spacial score (nSPS) is 23.1. The van der Waals surface area contributed by atoms with Crippen LogP contribution in [0.15, 0.2) is 36.9 Å². The van der Waals surface area contributed by atoms with Gasteiger partial charge >= 0.3 is 0 Å². The van der Waals surface area contributed by atoms with Crippen molar-refractivity contribution in [3.05, 3.63) is 36.9 Å². The van der Waals surface area contributed by atoms with E-state index in [1.165, 1.54) is 4.90 Å². The van der Waals surface area contributed by atoms with Crippen LogP contribution in [0.3, 0.4) is 0 Å². The van der Waals surface area contributed by atoms with E-state index in [1.54, 1.807) is 27.7 Å². The topological polar surface area (TPSA) is 55.4 Å². The number of aromatic nitrogens is 4. The van der Waals surface area contributed by atoms with Crippen molar-refractivity contribution in [1.29, 1.82) is 0 Å². The molecular formula is C19H19F2N5O. The van der Waals surface area contributed by atoms with Gasteiger partial charge in [-0.25, -0.2) is 13.3 Å². The van der Waals surface area contributed by atoms with E-state index in [0.29, 0.717) is 25.1 Å². The Labute approximate surface area is 154 Å². The monoisotopic (exact) mass is 371 g/mol. The second kappa shape index (κ2) is 5.61. The Morgan fingerprint density at radius 2 is 2.04 bits per heavy atom. The first-order chi connectivity index (χ1) is 13.0. The second-order valence-corrected chi connectivity index (χ2v) is 7.50. The number of aryl methyl sites for hydroxylation is 1. The number of fused-ring (bicyclic) bond motifs is 1. The van der Waals surface area contributed by atoms with E-state index in [9.17, 15) is 13.6 Å². The molecule has 1 atom stereocenters. The molecule has 8 heteroatoms. The fraction of sp³-hybridized carbons (Fsp3) is 0.421. The quantitative estimate of drug-likeness (QED) is 0.708. The molecule has 27 heavy (non-hydrogen) atoms. The molecule has 0 aromatic carbocycles. The molecular weight excluding hydrogens is 352 g/mol. The number of hydrogen-bond acceptors (Lipinski definition) is 3. The molecule has 1 saturated carbocycles. The van der Waals surface area contributed by atoms with Crippen molar-refractivity contribution in [3.8, 4) is 11.1 Å². The lowest BCUT2D eigenvalue weighted by atomic mass is 9.81. The smallest absolute Gasteiger partial charge is 0.253 e. The van der Waals surface area contributed by atoms with E-state index >= 15 is 0 Å². The highest BCUT2D eigenvalue weighted by Crippen LogP contribution is 2.55. The third-order valence-corrected chi connectivity index (χ3v) is 5.90. The van der Waals surface area contributed by atoms with Crippen LogP contribution in [0.25, 0.3) is 16.6 Å². The summed E-state index contributed by atoms with van der Waals surface area (Å²) in [7, 11) is 1.84. The minimum absolute atomic E-state index is 0.189. The number of amides is 1. The van der Waals surface area contributed by atoms with Gasteiger partial charge in [-0.15, -0.1) is 0 Å². The lowest BCUT2D eigenvalue weighted by Gasteiger charge is -2.27. The Hall–Kier alpha value is -2.77. The number of rotatable bonds is 4. The number of carbonyl (C=O) groups is 1. The first-order valence-corrected chi connectivity index (χ1v) is 9.07. The minimum Gasteiger partial charge on any atom is -0.310 e. The average molecular weight is 371 g/mol. The summed E-state index contributed by atoms with van der Waals surface area (Å²) in [6, 6.07) is 3.65. The lowest BCUT2D eigenvalue weighted by molar-refractivity contribution is -0.136. The molecule has 3 aromatic heterocycles.